The molecule has 0 fully saturated rings. The summed E-state index contributed by atoms with van der Waals surface area (Å²) in [5.41, 5.74) is 13.6. The van der Waals surface area contributed by atoms with Gasteiger partial charge in [0.15, 0.2) is 25.2 Å². The molecular weight excluding hydrogens is 566 g/mol. The first-order valence-corrected chi connectivity index (χ1v) is 7.70. The zero-order valence-electron chi connectivity index (χ0n) is 16.0. The molecule has 0 heterocycles. The molecule has 0 aliphatic rings. The molecule has 186 valence electrons. The Bertz CT molecular complexity index is 173. The molecule has 14 nitrogen and oxygen atoms in total. The molecule has 0 spiro atoms. The molecule has 0 saturated carbocycles. The van der Waals surface area contributed by atoms with Gasteiger partial charge in [0.25, 0.3) is 0 Å². The van der Waals surface area contributed by atoms with E-state index in [9.17, 15) is 0 Å². The molecule has 16 heteroatoms. The van der Waals surface area contributed by atoms with E-state index in [2.05, 4.69) is 22.9 Å². The molecule has 24 N–H and O–H groups in total. The zero-order chi connectivity index (χ0) is 20.0. The molecule has 0 saturated heterocycles. The van der Waals surface area contributed by atoms with Crippen LogP contribution in [0.5, 0.6) is 0 Å². The molecule has 0 bridgehead atoms. The summed E-state index contributed by atoms with van der Waals surface area (Å²) in [6.07, 6.45) is -3.16. The van der Waals surface area contributed by atoms with Gasteiger partial charge in [-0.1, -0.05) is 0 Å². The summed E-state index contributed by atoms with van der Waals surface area (Å²) in [5, 5.41) is 64.5. The van der Waals surface area contributed by atoms with Crippen LogP contribution < -0.4 is 22.9 Å². The summed E-state index contributed by atoms with van der Waals surface area (Å²) >= 11 is 0. The van der Waals surface area contributed by atoms with Crippen LogP contribution in [-0.2, 0) is 39.0 Å². The van der Waals surface area contributed by atoms with E-state index in [1.165, 1.54) is 0 Å². The summed E-state index contributed by atoms with van der Waals surface area (Å²) in [6.45, 7) is 2.32. The van der Waals surface area contributed by atoms with Crippen LogP contribution in [0.1, 0.15) is 25.7 Å². The molecule has 0 aliphatic heterocycles. The molecule has 28 heavy (non-hydrogen) atoms. The quantitative estimate of drug-likeness (QED) is 0.0922. The topological polar surface area (TPSA) is 335 Å². The van der Waals surface area contributed by atoms with Gasteiger partial charge in [0.2, 0.25) is 0 Å². The van der Waals surface area contributed by atoms with Crippen LogP contribution in [0.2, 0.25) is 0 Å². The number of aliphatic hydroxyl groups is 8. The van der Waals surface area contributed by atoms with Gasteiger partial charge in [-0.2, -0.15) is 0 Å². The minimum absolute atomic E-state index is 0. The van der Waals surface area contributed by atoms with Gasteiger partial charge in [-0.05, 0) is 0 Å². The number of quaternary nitrogens is 4. The van der Waals surface area contributed by atoms with E-state index in [1.807, 2.05) is 0 Å². The first-order valence-electron chi connectivity index (χ1n) is 7.70. The molecule has 0 aromatic rings. The Kier molecular flexibility index (Phi) is 84.6. The Morgan fingerprint density at radius 2 is 0.500 bits per heavy atom. The van der Waals surface area contributed by atoms with E-state index < -0.39 is 25.2 Å². The number of hydrogen-bond donors (Lipinski definition) is 12. The third-order valence-corrected chi connectivity index (χ3v) is 1.85. The van der Waals surface area contributed by atoms with Gasteiger partial charge < -0.3 is 74.7 Å². The largest absolute Gasteiger partial charge is 0.412 e. The van der Waals surface area contributed by atoms with Crippen molar-refractivity contribution in [2.75, 3.05) is 26.2 Å². The Morgan fingerprint density at radius 1 is 0.393 bits per heavy atom. The summed E-state index contributed by atoms with van der Waals surface area (Å²) in [5.74, 6) is 0. The van der Waals surface area contributed by atoms with Crippen LogP contribution in [0.25, 0.3) is 0 Å². The molecule has 0 atom stereocenters. The van der Waals surface area contributed by atoms with Gasteiger partial charge in [-0.25, -0.2) is 0 Å². The first-order chi connectivity index (χ1) is 11.1. The van der Waals surface area contributed by atoms with Crippen molar-refractivity contribution in [1.82, 2.24) is 0 Å². The second kappa shape index (κ2) is 46.1. The molecule has 0 amide bonds. The van der Waals surface area contributed by atoms with Crippen LogP contribution in [0.15, 0.2) is 0 Å². The molecule has 0 aromatic carbocycles. The molecule has 2 radical (unpaired) electrons. The van der Waals surface area contributed by atoms with Gasteiger partial charge in [0, 0.05) is 64.6 Å². The van der Waals surface area contributed by atoms with Crippen molar-refractivity contribution in [2.24, 2.45) is 0 Å². The summed E-state index contributed by atoms with van der Waals surface area (Å²) in [4.78, 5) is 0. The maximum atomic E-state index is 8.07. The van der Waals surface area contributed by atoms with Gasteiger partial charge in [0.1, 0.15) is 0 Å². The van der Waals surface area contributed by atoms with Crippen LogP contribution >= 0.6 is 0 Å². The summed E-state index contributed by atoms with van der Waals surface area (Å²) in [6, 6.07) is 0. The summed E-state index contributed by atoms with van der Waals surface area (Å²) in [7, 11) is 0. The van der Waals surface area contributed by atoms with E-state index >= 15 is 0 Å². The van der Waals surface area contributed by atoms with Crippen LogP contribution in [0, 0.1) is 0 Å². The van der Waals surface area contributed by atoms with Gasteiger partial charge in [-0.3, -0.25) is 0 Å². The van der Waals surface area contributed by atoms with E-state index in [-0.39, 0.29) is 49.9 Å². The first kappa shape index (κ1) is 51.4. The Balaban J connectivity index is -0.0000000303. The number of hydrogen-bond acceptors (Lipinski definition) is 8. The van der Waals surface area contributed by atoms with Gasteiger partial charge in [-0.15, -0.1) is 0 Å². The van der Waals surface area contributed by atoms with Crippen LogP contribution in [-0.4, -0.2) is 103 Å². The average Bonchev–Trinajstić information content (AvgIpc) is 2.39. The molecular formula is C12H44N4O10Rh2+4. The van der Waals surface area contributed by atoms with Gasteiger partial charge in [0.05, 0.1) is 26.2 Å². The minimum Gasteiger partial charge on any atom is -0.412 e. The molecule has 0 aliphatic carbocycles. The third kappa shape index (κ3) is 109. The zero-order valence-corrected chi connectivity index (χ0v) is 19.3. The van der Waals surface area contributed by atoms with E-state index in [0.717, 1.165) is 0 Å². The standard InChI is InChI=1S/4C3H9NO2.2H2O.2Rh/c4*4-2-1-3(5)6;;;;/h4*3,5-6H,1-2,4H2;2*1H2;;/p+4. The molecule has 0 aromatic heterocycles. The molecule has 0 rings (SSSR count). The van der Waals surface area contributed by atoms with Crippen LogP contribution in [0.4, 0.5) is 0 Å². The monoisotopic (exact) mass is 610 g/mol. The maximum absolute atomic E-state index is 8.07. The van der Waals surface area contributed by atoms with Crippen molar-refractivity contribution in [3.05, 3.63) is 0 Å². The predicted octanol–water partition coefficient (Wildman–Crippen LogP) is -9.94. The van der Waals surface area contributed by atoms with Crippen molar-refractivity contribution in [3.63, 3.8) is 0 Å². The van der Waals surface area contributed by atoms with Crippen molar-refractivity contribution >= 4 is 0 Å². The minimum atomic E-state index is -1.16. The van der Waals surface area contributed by atoms with Crippen molar-refractivity contribution < 1.29 is 114 Å². The maximum Gasteiger partial charge on any atom is 0.156 e. The Morgan fingerprint density at radius 3 is 0.500 bits per heavy atom. The third-order valence-electron chi connectivity index (χ3n) is 1.85. The average molecular weight is 610 g/mol. The van der Waals surface area contributed by atoms with Gasteiger partial charge >= 0.3 is 0 Å². The SMILES string of the molecule is O.O.[NH3+]CCC(O)O.[NH3+]CCC(O)O.[NH3+]CCC(O)O.[NH3+]CCC(O)O.[Rh].[Rh]. The number of rotatable bonds is 8. The summed E-state index contributed by atoms with van der Waals surface area (Å²) < 4.78 is 0. The van der Waals surface area contributed by atoms with Crippen molar-refractivity contribution in [2.45, 2.75) is 50.8 Å². The van der Waals surface area contributed by atoms with Crippen molar-refractivity contribution in [1.29, 1.82) is 0 Å². The fourth-order valence-electron chi connectivity index (χ4n) is 0.730. The normalized spacial score (nSPS) is 8.57. The van der Waals surface area contributed by atoms with Crippen LogP contribution in [0.3, 0.4) is 0 Å². The Labute approximate surface area is 190 Å². The Hall–Kier alpha value is 0.687. The fourth-order valence-corrected chi connectivity index (χ4v) is 0.730. The smallest absolute Gasteiger partial charge is 0.156 e. The fraction of sp³-hybridized carbons (Fsp3) is 1.00. The molecule has 0 unspecified atom stereocenters. The van der Waals surface area contributed by atoms with E-state index in [4.69, 9.17) is 40.9 Å². The number of aliphatic hydroxyl groups excluding tert-OH is 4. The predicted molar refractivity (Wildman–Crippen MR) is 89.6 cm³/mol. The second-order valence-electron chi connectivity index (χ2n) is 4.49. The van der Waals surface area contributed by atoms with E-state index in [0.29, 0.717) is 51.9 Å². The second-order valence-corrected chi connectivity index (χ2v) is 4.49. The van der Waals surface area contributed by atoms with Crippen molar-refractivity contribution in [3.8, 4) is 0 Å². The van der Waals surface area contributed by atoms with E-state index in [1.54, 1.807) is 0 Å².